The van der Waals surface area contributed by atoms with Crippen LogP contribution in [-0.4, -0.2) is 29.2 Å². The number of rotatable bonds is 7. The highest BCUT2D eigenvalue weighted by atomic mass is 79.9. The van der Waals surface area contributed by atoms with Crippen LogP contribution in [-0.2, 0) is 10.0 Å². The summed E-state index contributed by atoms with van der Waals surface area (Å²) in [6.45, 7) is 3.47. The molecule has 2 rings (SSSR count). The Bertz CT molecular complexity index is 886. The maximum Gasteiger partial charge on any atom is 0.264 e. The van der Waals surface area contributed by atoms with E-state index in [4.69, 9.17) is 9.47 Å². The van der Waals surface area contributed by atoms with Crippen LogP contribution in [0, 0.1) is 5.82 Å². The summed E-state index contributed by atoms with van der Waals surface area (Å²) in [5, 5.41) is 0. The highest BCUT2D eigenvalue weighted by Gasteiger charge is 2.27. The van der Waals surface area contributed by atoms with Gasteiger partial charge in [0, 0.05) is 10.5 Å². The highest BCUT2D eigenvalue weighted by Crippen LogP contribution is 2.33. The summed E-state index contributed by atoms with van der Waals surface area (Å²) in [5.41, 5.74) is -0.0714. The van der Waals surface area contributed by atoms with Gasteiger partial charge in [0.1, 0.15) is 5.82 Å². The van der Waals surface area contributed by atoms with Crippen molar-refractivity contribution in [2.75, 3.05) is 25.1 Å². The number of ether oxygens (including phenoxy) is 2. The molecule has 0 fully saturated rings. The van der Waals surface area contributed by atoms with Crippen molar-refractivity contribution in [3.05, 3.63) is 59.3 Å². The lowest BCUT2D eigenvalue weighted by molar-refractivity contribution is 0.354. The second kappa shape index (κ2) is 7.88. The number of sulfonamides is 1. The molecule has 2 aromatic carbocycles. The zero-order valence-electron chi connectivity index (χ0n) is 13.7. The molecule has 0 aliphatic rings. The first-order valence-corrected chi connectivity index (χ1v) is 9.39. The van der Waals surface area contributed by atoms with Crippen molar-refractivity contribution in [1.29, 1.82) is 0 Å². The van der Waals surface area contributed by atoms with E-state index in [9.17, 15) is 12.8 Å². The smallest absolute Gasteiger partial charge is 0.264 e. The van der Waals surface area contributed by atoms with Crippen molar-refractivity contribution < 1.29 is 22.3 Å². The van der Waals surface area contributed by atoms with Gasteiger partial charge < -0.3 is 9.47 Å². The molecule has 0 N–H and O–H groups in total. The average molecular weight is 430 g/mol. The second-order valence-corrected chi connectivity index (χ2v) is 7.72. The van der Waals surface area contributed by atoms with E-state index in [1.54, 1.807) is 6.07 Å². The first kappa shape index (κ1) is 19.3. The van der Waals surface area contributed by atoms with Crippen molar-refractivity contribution >= 4 is 31.6 Å². The zero-order valence-corrected chi connectivity index (χ0v) is 16.1. The van der Waals surface area contributed by atoms with Gasteiger partial charge >= 0.3 is 0 Å². The molecule has 5 nitrogen and oxygen atoms in total. The largest absolute Gasteiger partial charge is 0.493 e. The molecule has 0 unspecified atom stereocenters. The summed E-state index contributed by atoms with van der Waals surface area (Å²) in [4.78, 5) is -0.0469. The molecule has 0 aromatic heterocycles. The predicted octanol–water partition coefficient (Wildman–Crippen LogP) is 3.99. The summed E-state index contributed by atoms with van der Waals surface area (Å²) >= 11 is 3.16. The van der Waals surface area contributed by atoms with E-state index in [1.807, 2.05) is 0 Å². The molecule has 0 saturated carbocycles. The molecule has 0 heterocycles. The van der Waals surface area contributed by atoms with Gasteiger partial charge in [-0.3, -0.25) is 4.31 Å². The first-order chi connectivity index (χ1) is 11.8. The van der Waals surface area contributed by atoms with Crippen molar-refractivity contribution in [2.45, 2.75) is 4.90 Å². The van der Waals surface area contributed by atoms with E-state index in [0.717, 1.165) is 4.31 Å². The molecule has 134 valence electrons. The normalized spacial score (nSPS) is 11.0. The van der Waals surface area contributed by atoms with Crippen LogP contribution in [0.25, 0.3) is 0 Å². The Morgan fingerprint density at radius 1 is 1.16 bits per heavy atom. The minimum atomic E-state index is -4.04. The van der Waals surface area contributed by atoms with Crippen LogP contribution >= 0.6 is 15.9 Å². The molecule has 0 atom stereocenters. The lowest BCUT2D eigenvalue weighted by Crippen LogP contribution is -2.32. The van der Waals surface area contributed by atoms with E-state index in [-0.39, 0.29) is 22.9 Å². The SMILES string of the molecule is C=CCN(c1ccc(Br)cc1F)S(=O)(=O)c1ccc(OC)c(OC)c1. The third-order valence-corrected chi connectivity index (χ3v) is 5.69. The van der Waals surface area contributed by atoms with Crippen LogP contribution in [0.2, 0.25) is 0 Å². The van der Waals surface area contributed by atoms with Crippen LogP contribution < -0.4 is 13.8 Å². The molecular weight excluding hydrogens is 413 g/mol. The van der Waals surface area contributed by atoms with Crippen LogP contribution in [0.15, 0.2) is 58.4 Å². The number of halogens is 2. The predicted molar refractivity (Wildman–Crippen MR) is 98.4 cm³/mol. The zero-order chi connectivity index (χ0) is 18.6. The lowest BCUT2D eigenvalue weighted by atomic mass is 10.3. The third-order valence-electron chi connectivity index (χ3n) is 3.42. The maximum atomic E-state index is 14.3. The number of hydrogen-bond acceptors (Lipinski definition) is 4. The van der Waals surface area contributed by atoms with Gasteiger partial charge in [0.25, 0.3) is 10.0 Å². The highest BCUT2D eigenvalue weighted by molar-refractivity contribution is 9.10. The van der Waals surface area contributed by atoms with Crippen molar-refractivity contribution in [3.63, 3.8) is 0 Å². The van der Waals surface area contributed by atoms with Gasteiger partial charge in [-0.05, 0) is 30.3 Å². The number of anilines is 1. The second-order valence-electron chi connectivity index (χ2n) is 4.94. The number of hydrogen-bond donors (Lipinski definition) is 0. The molecule has 2 aromatic rings. The Morgan fingerprint density at radius 2 is 1.84 bits per heavy atom. The van der Waals surface area contributed by atoms with Crippen molar-refractivity contribution in [3.8, 4) is 11.5 Å². The average Bonchev–Trinajstić information content (AvgIpc) is 2.59. The van der Waals surface area contributed by atoms with E-state index in [0.29, 0.717) is 10.2 Å². The third kappa shape index (κ3) is 3.96. The summed E-state index contributed by atoms with van der Waals surface area (Å²) in [6.07, 6.45) is 1.39. The Morgan fingerprint density at radius 3 is 2.40 bits per heavy atom. The van der Waals surface area contributed by atoms with Crippen LogP contribution in [0.1, 0.15) is 0 Å². The molecule has 0 bridgehead atoms. The van der Waals surface area contributed by atoms with Crippen LogP contribution in [0.4, 0.5) is 10.1 Å². The molecule has 25 heavy (non-hydrogen) atoms. The molecule has 0 aliphatic carbocycles. The van der Waals surface area contributed by atoms with Crippen LogP contribution in [0.5, 0.6) is 11.5 Å². The topological polar surface area (TPSA) is 55.8 Å². The van der Waals surface area contributed by atoms with Gasteiger partial charge in [-0.2, -0.15) is 0 Å². The van der Waals surface area contributed by atoms with Crippen molar-refractivity contribution in [1.82, 2.24) is 0 Å². The van der Waals surface area contributed by atoms with Gasteiger partial charge in [-0.25, -0.2) is 12.8 Å². The fourth-order valence-corrected chi connectivity index (χ4v) is 4.02. The molecule has 0 saturated heterocycles. The van der Waals surface area contributed by atoms with Gasteiger partial charge in [0.15, 0.2) is 11.5 Å². The maximum absolute atomic E-state index is 14.3. The fraction of sp³-hybridized carbons (Fsp3) is 0.176. The fourth-order valence-electron chi connectivity index (χ4n) is 2.23. The van der Waals surface area contributed by atoms with Gasteiger partial charge in [0.2, 0.25) is 0 Å². The molecule has 8 heteroatoms. The molecular formula is C17H17BrFNO4S. The summed E-state index contributed by atoms with van der Waals surface area (Å²) < 4.78 is 52.1. The van der Waals surface area contributed by atoms with Gasteiger partial charge in [-0.1, -0.05) is 22.0 Å². The Labute approximate surface area is 154 Å². The molecule has 0 amide bonds. The van der Waals surface area contributed by atoms with Crippen LogP contribution in [0.3, 0.4) is 0 Å². The summed E-state index contributed by atoms with van der Waals surface area (Å²) in [6, 6.07) is 8.36. The van der Waals surface area contributed by atoms with E-state index >= 15 is 0 Å². The van der Waals surface area contributed by atoms with Crippen molar-refractivity contribution in [2.24, 2.45) is 0 Å². The minimum Gasteiger partial charge on any atom is -0.493 e. The molecule has 0 aliphatic heterocycles. The Hall–Kier alpha value is -2.06. The Kier molecular flexibility index (Phi) is 6.07. The summed E-state index contributed by atoms with van der Waals surface area (Å²) in [5.74, 6) is -0.00905. The first-order valence-electron chi connectivity index (χ1n) is 7.16. The minimum absolute atomic E-state index is 0.0469. The van der Waals surface area contributed by atoms with Gasteiger partial charge in [0.05, 0.1) is 31.3 Å². The quantitative estimate of drug-likeness (QED) is 0.624. The number of benzene rings is 2. The summed E-state index contributed by atoms with van der Waals surface area (Å²) in [7, 11) is -1.18. The molecule has 0 spiro atoms. The van der Waals surface area contributed by atoms with Gasteiger partial charge in [-0.15, -0.1) is 6.58 Å². The standard InChI is InChI=1S/C17H17BrFNO4S/c1-4-9-20(15-7-5-12(18)10-14(15)19)25(21,22)13-6-8-16(23-2)17(11-13)24-3/h4-8,10-11H,1,9H2,2-3H3. The van der Waals surface area contributed by atoms with E-state index < -0.39 is 15.8 Å². The number of nitrogens with zero attached hydrogens (tertiary/aromatic N) is 1. The monoisotopic (exact) mass is 429 g/mol. The lowest BCUT2D eigenvalue weighted by Gasteiger charge is -2.24. The van der Waals surface area contributed by atoms with E-state index in [2.05, 4.69) is 22.5 Å². The Balaban J connectivity index is 2.58. The number of methoxy groups -OCH3 is 2. The molecule has 0 radical (unpaired) electrons. The van der Waals surface area contributed by atoms with E-state index in [1.165, 1.54) is 50.6 Å².